The summed E-state index contributed by atoms with van der Waals surface area (Å²) in [5, 5.41) is 8.63. The summed E-state index contributed by atoms with van der Waals surface area (Å²) in [5.74, 6) is 3.75. The van der Waals surface area contributed by atoms with Crippen LogP contribution in [0.2, 0.25) is 0 Å². The maximum atomic E-state index is 6.02. The van der Waals surface area contributed by atoms with Crippen molar-refractivity contribution >= 4 is 0 Å². The van der Waals surface area contributed by atoms with Crippen molar-refractivity contribution in [3.05, 3.63) is 66.0 Å². The lowest BCUT2D eigenvalue weighted by Gasteiger charge is -2.28. The molecule has 0 fully saturated rings. The molecule has 3 heterocycles. The van der Waals surface area contributed by atoms with Gasteiger partial charge >= 0.3 is 0 Å². The quantitative estimate of drug-likeness (QED) is 0.717. The highest BCUT2D eigenvalue weighted by Gasteiger charge is 2.21. The van der Waals surface area contributed by atoms with Crippen LogP contribution in [0, 0.1) is 0 Å². The van der Waals surface area contributed by atoms with Crippen molar-refractivity contribution in [3.63, 3.8) is 0 Å². The predicted molar refractivity (Wildman–Crippen MR) is 94.3 cm³/mol. The van der Waals surface area contributed by atoms with Gasteiger partial charge in [0.1, 0.15) is 23.1 Å². The van der Waals surface area contributed by atoms with Gasteiger partial charge in [0, 0.05) is 37.8 Å². The van der Waals surface area contributed by atoms with Gasteiger partial charge in [-0.2, -0.15) is 0 Å². The molecule has 6 nitrogen and oxygen atoms in total. The maximum Gasteiger partial charge on any atom is 0.147 e. The summed E-state index contributed by atoms with van der Waals surface area (Å²) in [7, 11) is 0. The van der Waals surface area contributed by atoms with E-state index in [9.17, 15) is 0 Å². The van der Waals surface area contributed by atoms with E-state index in [0.29, 0.717) is 0 Å². The van der Waals surface area contributed by atoms with Crippen molar-refractivity contribution in [3.8, 4) is 11.5 Å². The Hall–Kier alpha value is -2.73. The van der Waals surface area contributed by atoms with Gasteiger partial charge in [0.2, 0.25) is 0 Å². The van der Waals surface area contributed by atoms with Crippen LogP contribution in [0.25, 0.3) is 0 Å². The highest BCUT2D eigenvalue weighted by atomic mass is 16.5. The first-order chi connectivity index (χ1) is 12.3. The van der Waals surface area contributed by atoms with E-state index in [0.717, 1.165) is 61.3 Å². The fourth-order valence-electron chi connectivity index (χ4n) is 3.17. The number of rotatable bonds is 5. The molecule has 0 atom stereocenters. The molecule has 3 aromatic rings. The average Bonchev–Trinajstić information content (AvgIpc) is 3.06. The Balaban J connectivity index is 1.50. The van der Waals surface area contributed by atoms with Crippen molar-refractivity contribution in [1.82, 2.24) is 24.6 Å². The minimum absolute atomic E-state index is 0.751. The van der Waals surface area contributed by atoms with E-state index in [1.165, 1.54) is 0 Å². The van der Waals surface area contributed by atoms with E-state index in [2.05, 4.69) is 37.6 Å². The lowest BCUT2D eigenvalue weighted by molar-refractivity contribution is 0.205. The minimum Gasteiger partial charge on any atom is -0.455 e. The molecule has 0 amide bonds. The number of fused-ring (bicyclic) bond motifs is 1. The highest BCUT2D eigenvalue weighted by Crippen LogP contribution is 2.26. The Morgan fingerprint density at radius 1 is 1.08 bits per heavy atom. The molecule has 0 N–H and O–H groups in total. The molecule has 0 aliphatic carbocycles. The first-order valence-corrected chi connectivity index (χ1v) is 8.62. The van der Waals surface area contributed by atoms with Gasteiger partial charge in [-0.05, 0) is 18.2 Å². The molecule has 0 unspecified atom stereocenters. The van der Waals surface area contributed by atoms with E-state index in [4.69, 9.17) is 4.74 Å². The van der Waals surface area contributed by atoms with Crippen LogP contribution in [0.4, 0.5) is 0 Å². The Morgan fingerprint density at radius 2 is 2.00 bits per heavy atom. The summed E-state index contributed by atoms with van der Waals surface area (Å²) in [5.41, 5.74) is 1.16. The molecule has 0 saturated heterocycles. The number of aryl methyl sites for hydroxylation is 1. The summed E-state index contributed by atoms with van der Waals surface area (Å²) in [4.78, 5) is 6.49. The molecule has 6 heteroatoms. The van der Waals surface area contributed by atoms with Crippen LogP contribution in [-0.2, 0) is 26.1 Å². The number of aromatic nitrogens is 4. The molecule has 0 radical (unpaired) electrons. The van der Waals surface area contributed by atoms with Crippen LogP contribution in [0.15, 0.2) is 48.8 Å². The molecule has 0 bridgehead atoms. The third-order valence-corrected chi connectivity index (χ3v) is 4.45. The Labute approximate surface area is 147 Å². The molecule has 128 valence electrons. The van der Waals surface area contributed by atoms with Crippen LogP contribution in [0.1, 0.15) is 24.1 Å². The van der Waals surface area contributed by atoms with Gasteiger partial charge in [0.05, 0.1) is 12.7 Å². The number of ether oxygens (including phenoxy) is 1. The lowest BCUT2D eigenvalue weighted by atomic mass is 10.1. The first kappa shape index (κ1) is 15.8. The summed E-state index contributed by atoms with van der Waals surface area (Å²) >= 11 is 0. The second kappa shape index (κ2) is 7.03. The Bertz CT molecular complexity index is 846. The molecule has 1 aliphatic heterocycles. The molecular weight excluding hydrogens is 314 g/mol. The number of nitrogens with zero attached hydrogens (tertiary/aromatic N) is 5. The SMILES string of the molecule is CCc1nnc2n1CCN(Cc1ccccc1Oc1cccnc1)C2. The first-order valence-electron chi connectivity index (χ1n) is 8.62. The standard InChI is InChI=1S/C19H21N5O/c1-2-18-21-22-19-14-23(10-11-24(18)19)13-15-6-3-4-8-17(15)25-16-7-5-9-20-12-16/h3-9,12H,2,10-11,13-14H2,1H3. The fraction of sp³-hybridized carbons (Fsp3) is 0.316. The smallest absolute Gasteiger partial charge is 0.147 e. The molecule has 25 heavy (non-hydrogen) atoms. The van der Waals surface area contributed by atoms with Crippen LogP contribution in [0.5, 0.6) is 11.5 Å². The normalized spacial score (nSPS) is 14.3. The summed E-state index contributed by atoms with van der Waals surface area (Å²) < 4.78 is 8.26. The van der Waals surface area contributed by atoms with Crippen LogP contribution >= 0.6 is 0 Å². The van der Waals surface area contributed by atoms with Crippen LogP contribution in [0.3, 0.4) is 0 Å². The second-order valence-corrected chi connectivity index (χ2v) is 6.15. The zero-order valence-corrected chi connectivity index (χ0v) is 14.3. The van der Waals surface area contributed by atoms with Gasteiger partial charge in [0.25, 0.3) is 0 Å². The van der Waals surface area contributed by atoms with Gasteiger partial charge in [-0.15, -0.1) is 10.2 Å². The molecule has 1 aliphatic rings. The van der Waals surface area contributed by atoms with Crippen molar-refractivity contribution in [2.24, 2.45) is 0 Å². The second-order valence-electron chi connectivity index (χ2n) is 6.15. The molecular formula is C19H21N5O. The predicted octanol–water partition coefficient (Wildman–Crippen LogP) is 3.04. The monoisotopic (exact) mass is 335 g/mol. The van der Waals surface area contributed by atoms with Crippen molar-refractivity contribution in [1.29, 1.82) is 0 Å². The van der Waals surface area contributed by atoms with E-state index in [1.807, 2.05) is 30.3 Å². The van der Waals surface area contributed by atoms with Crippen molar-refractivity contribution < 1.29 is 4.74 Å². The third-order valence-electron chi connectivity index (χ3n) is 4.45. The Morgan fingerprint density at radius 3 is 2.84 bits per heavy atom. The molecule has 1 aromatic carbocycles. The molecule has 4 rings (SSSR count). The van der Waals surface area contributed by atoms with Gasteiger partial charge in [0.15, 0.2) is 0 Å². The van der Waals surface area contributed by atoms with E-state index in [1.54, 1.807) is 12.4 Å². The topological polar surface area (TPSA) is 56.1 Å². The third kappa shape index (κ3) is 3.39. The summed E-state index contributed by atoms with van der Waals surface area (Å²) in [6.45, 7) is 5.69. The average molecular weight is 335 g/mol. The molecule has 0 saturated carbocycles. The Kier molecular flexibility index (Phi) is 4.43. The van der Waals surface area contributed by atoms with Gasteiger partial charge in [-0.1, -0.05) is 25.1 Å². The van der Waals surface area contributed by atoms with Crippen LogP contribution < -0.4 is 4.74 Å². The van der Waals surface area contributed by atoms with E-state index in [-0.39, 0.29) is 0 Å². The number of hydrogen-bond acceptors (Lipinski definition) is 5. The van der Waals surface area contributed by atoms with Gasteiger partial charge < -0.3 is 9.30 Å². The lowest BCUT2D eigenvalue weighted by Crippen LogP contribution is -2.34. The van der Waals surface area contributed by atoms with Gasteiger partial charge in [-0.3, -0.25) is 9.88 Å². The van der Waals surface area contributed by atoms with Crippen molar-refractivity contribution in [2.75, 3.05) is 6.54 Å². The zero-order valence-electron chi connectivity index (χ0n) is 14.3. The minimum atomic E-state index is 0.751. The van der Waals surface area contributed by atoms with Crippen LogP contribution in [-0.4, -0.2) is 31.2 Å². The maximum absolute atomic E-state index is 6.02. The number of hydrogen-bond donors (Lipinski definition) is 0. The van der Waals surface area contributed by atoms with E-state index < -0.39 is 0 Å². The van der Waals surface area contributed by atoms with Gasteiger partial charge in [-0.25, -0.2) is 0 Å². The van der Waals surface area contributed by atoms with Crippen molar-refractivity contribution in [2.45, 2.75) is 33.0 Å². The zero-order chi connectivity index (χ0) is 17.1. The van der Waals surface area contributed by atoms with E-state index >= 15 is 0 Å². The summed E-state index contributed by atoms with van der Waals surface area (Å²) in [6.07, 6.45) is 4.40. The molecule has 0 spiro atoms. The highest BCUT2D eigenvalue weighted by molar-refractivity contribution is 5.37. The number of para-hydroxylation sites is 1. The fourth-order valence-corrected chi connectivity index (χ4v) is 3.17. The summed E-state index contributed by atoms with van der Waals surface area (Å²) in [6, 6.07) is 12.0. The number of pyridine rings is 1. The molecule has 2 aromatic heterocycles. The largest absolute Gasteiger partial charge is 0.455 e. The number of benzene rings is 1.